The second kappa shape index (κ2) is 10.6. The van der Waals surface area contributed by atoms with Crippen molar-refractivity contribution in [3.05, 3.63) is 58.1 Å². The van der Waals surface area contributed by atoms with E-state index in [2.05, 4.69) is 10.6 Å². The highest BCUT2D eigenvalue weighted by Crippen LogP contribution is 2.31. The van der Waals surface area contributed by atoms with E-state index >= 15 is 0 Å². The lowest BCUT2D eigenvalue weighted by atomic mass is 10.1. The number of hydrogen-bond acceptors (Lipinski definition) is 5. The van der Waals surface area contributed by atoms with Gasteiger partial charge >= 0.3 is 0 Å². The number of piperidine rings is 1. The highest BCUT2D eigenvalue weighted by atomic mass is 16.6. The Kier molecular flexibility index (Phi) is 7.59. The topological polar surface area (TPSA) is 105 Å². The monoisotopic (exact) mass is 424 g/mol. The van der Waals surface area contributed by atoms with Crippen LogP contribution in [0.5, 0.6) is 0 Å². The number of unbranched alkanes of at least 4 members (excludes halogenated alkanes) is 1. The Labute approximate surface area is 181 Å². The van der Waals surface area contributed by atoms with Gasteiger partial charge in [0.25, 0.3) is 11.6 Å². The molecule has 0 aliphatic carbocycles. The molecule has 2 N–H and O–H groups in total. The molecular formula is C23H28N4O4. The smallest absolute Gasteiger partial charge is 0.293 e. The average Bonchev–Trinajstić information content (AvgIpc) is 2.78. The number of nitro benzene ring substituents is 1. The second-order valence-electron chi connectivity index (χ2n) is 7.69. The van der Waals surface area contributed by atoms with Gasteiger partial charge in [-0.2, -0.15) is 0 Å². The minimum Gasteiger partial charge on any atom is -0.366 e. The van der Waals surface area contributed by atoms with Crippen LogP contribution in [0.1, 0.15) is 55.8 Å². The van der Waals surface area contributed by atoms with Gasteiger partial charge in [0.1, 0.15) is 5.69 Å². The fourth-order valence-electron chi connectivity index (χ4n) is 3.65. The summed E-state index contributed by atoms with van der Waals surface area (Å²) in [6, 6.07) is 11.4. The van der Waals surface area contributed by atoms with Gasteiger partial charge < -0.3 is 15.5 Å². The average molecular weight is 425 g/mol. The first-order valence-electron chi connectivity index (χ1n) is 10.7. The van der Waals surface area contributed by atoms with E-state index in [4.69, 9.17) is 0 Å². The van der Waals surface area contributed by atoms with Crippen molar-refractivity contribution in [1.82, 2.24) is 0 Å². The largest absolute Gasteiger partial charge is 0.366 e. The standard InChI is InChI=1S/C23H28N4O4/c1-2-3-10-22(28)24-18-8-7-9-19(16-18)25-23(29)17-11-12-20(21(15-17)27(30)31)26-13-5-4-6-14-26/h7-9,11-12,15-16H,2-6,10,13-14H2,1H3,(H,24,28)(H,25,29). The molecule has 0 spiro atoms. The van der Waals surface area contributed by atoms with Crippen LogP contribution < -0.4 is 15.5 Å². The number of nitro groups is 1. The predicted octanol–water partition coefficient (Wildman–Crippen LogP) is 4.97. The molecule has 31 heavy (non-hydrogen) atoms. The summed E-state index contributed by atoms with van der Waals surface area (Å²) < 4.78 is 0. The zero-order chi connectivity index (χ0) is 22.2. The summed E-state index contributed by atoms with van der Waals surface area (Å²) in [5.74, 6) is -0.517. The van der Waals surface area contributed by atoms with E-state index in [0.717, 1.165) is 45.2 Å². The molecule has 2 aromatic rings. The van der Waals surface area contributed by atoms with Gasteiger partial charge in [0.2, 0.25) is 5.91 Å². The fraction of sp³-hybridized carbons (Fsp3) is 0.391. The minimum atomic E-state index is -0.442. The van der Waals surface area contributed by atoms with E-state index in [1.165, 1.54) is 6.07 Å². The van der Waals surface area contributed by atoms with Crippen LogP contribution in [0.2, 0.25) is 0 Å². The van der Waals surface area contributed by atoms with Gasteiger partial charge in [0.15, 0.2) is 0 Å². The van der Waals surface area contributed by atoms with Crippen LogP contribution in [-0.4, -0.2) is 29.8 Å². The van der Waals surface area contributed by atoms with E-state index in [1.54, 1.807) is 36.4 Å². The van der Waals surface area contributed by atoms with Crippen LogP contribution in [0.25, 0.3) is 0 Å². The van der Waals surface area contributed by atoms with Crippen molar-refractivity contribution in [3.8, 4) is 0 Å². The Hall–Kier alpha value is -3.42. The van der Waals surface area contributed by atoms with Gasteiger partial charge in [-0.25, -0.2) is 0 Å². The number of amides is 2. The van der Waals surface area contributed by atoms with Crippen LogP contribution in [0, 0.1) is 10.1 Å². The number of nitrogens with zero attached hydrogens (tertiary/aromatic N) is 2. The van der Waals surface area contributed by atoms with Crippen molar-refractivity contribution in [2.45, 2.75) is 45.4 Å². The molecule has 8 heteroatoms. The zero-order valence-electron chi connectivity index (χ0n) is 17.7. The molecule has 2 amide bonds. The quantitative estimate of drug-likeness (QED) is 0.460. The molecule has 2 aromatic carbocycles. The summed E-state index contributed by atoms with van der Waals surface area (Å²) in [7, 11) is 0. The maximum absolute atomic E-state index is 12.7. The van der Waals surface area contributed by atoms with Crippen LogP contribution >= 0.6 is 0 Å². The molecule has 0 unspecified atom stereocenters. The van der Waals surface area contributed by atoms with Crippen molar-refractivity contribution >= 4 is 34.6 Å². The van der Waals surface area contributed by atoms with Crippen LogP contribution in [-0.2, 0) is 4.79 Å². The van der Waals surface area contributed by atoms with E-state index in [-0.39, 0.29) is 17.2 Å². The first-order valence-corrected chi connectivity index (χ1v) is 10.7. The summed E-state index contributed by atoms with van der Waals surface area (Å²) >= 11 is 0. The van der Waals surface area contributed by atoms with Gasteiger partial charge in [-0.15, -0.1) is 0 Å². The summed E-state index contributed by atoms with van der Waals surface area (Å²) in [5, 5.41) is 17.2. The first-order chi connectivity index (χ1) is 15.0. The highest BCUT2D eigenvalue weighted by Gasteiger charge is 2.23. The molecule has 1 aliphatic rings. The Morgan fingerprint density at radius 3 is 2.42 bits per heavy atom. The predicted molar refractivity (Wildman–Crippen MR) is 122 cm³/mol. The number of hydrogen-bond donors (Lipinski definition) is 2. The molecule has 0 bridgehead atoms. The molecule has 0 atom stereocenters. The Morgan fingerprint density at radius 2 is 1.74 bits per heavy atom. The maximum Gasteiger partial charge on any atom is 0.293 e. The van der Waals surface area contributed by atoms with Crippen LogP contribution in [0.15, 0.2) is 42.5 Å². The van der Waals surface area contributed by atoms with Gasteiger partial charge in [-0.1, -0.05) is 19.4 Å². The van der Waals surface area contributed by atoms with E-state index in [0.29, 0.717) is 23.5 Å². The number of carbonyl (C=O) groups is 2. The van der Waals surface area contributed by atoms with Crippen molar-refractivity contribution in [2.75, 3.05) is 28.6 Å². The van der Waals surface area contributed by atoms with Crippen molar-refractivity contribution in [2.24, 2.45) is 0 Å². The molecule has 1 aliphatic heterocycles. The van der Waals surface area contributed by atoms with Gasteiger partial charge in [-0.3, -0.25) is 19.7 Å². The molecule has 3 rings (SSSR count). The lowest BCUT2D eigenvalue weighted by molar-refractivity contribution is -0.384. The third-order valence-corrected chi connectivity index (χ3v) is 5.29. The third-order valence-electron chi connectivity index (χ3n) is 5.29. The van der Waals surface area contributed by atoms with E-state index in [9.17, 15) is 19.7 Å². The number of nitrogens with one attached hydrogen (secondary N) is 2. The molecule has 1 fully saturated rings. The number of carbonyl (C=O) groups excluding carboxylic acids is 2. The third kappa shape index (κ3) is 6.04. The van der Waals surface area contributed by atoms with Gasteiger partial charge in [-0.05, 0) is 56.0 Å². The van der Waals surface area contributed by atoms with Crippen molar-refractivity contribution < 1.29 is 14.5 Å². The summed E-state index contributed by atoms with van der Waals surface area (Å²) in [6.45, 7) is 3.58. The number of benzene rings is 2. The Bertz CT molecular complexity index is 954. The summed E-state index contributed by atoms with van der Waals surface area (Å²) in [5.41, 5.74) is 1.79. The number of anilines is 3. The molecule has 164 valence electrons. The van der Waals surface area contributed by atoms with Gasteiger partial charge in [0, 0.05) is 42.5 Å². The number of rotatable bonds is 8. The lowest BCUT2D eigenvalue weighted by Gasteiger charge is -2.28. The molecular weight excluding hydrogens is 396 g/mol. The molecule has 0 saturated carbocycles. The molecule has 1 heterocycles. The summed E-state index contributed by atoms with van der Waals surface area (Å²) in [6.07, 6.45) is 5.33. The second-order valence-corrected chi connectivity index (χ2v) is 7.69. The van der Waals surface area contributed by atoms with Crippen molar-refractivity contribution in [1.29, 1.82) is 0 Å². The molecule has 0 aromatic heterocycles. The first kappa shape index (κ1) is 22.3. The Balaban J connectivity index is 1.73. The van der Waals surface area contributed by atoms with Gasteiger partial charge in [0.05, 0.1) is 4.92 Å². The van der Waals surface area contributed by atoms with Crippen LogP contribution in [0.4, 0.5) is 22.7 Å². The van der Waals surface area contributed by atoms with Crippen molar-refractivity contribution in [3.63, 3.8) is 0 Å². The highest BCUT2D eigenvalue weighted by molar-refractivity contribution is 6.05. The fourth-order valence-corrected chi connectivity index (χ4v) is 3.65. The zero-order valence-corrected chi connectivity index (χ0v) is 17.7. The molecule has 1 saturated heterocycles. The van der Waals surface area contributed by atoms with E-state index in [1.807, 2.05) is 11.8 Å². The van der Waals surface area contributed by atoms with E-state index < -0.39 is 10.8 Å². The Morgan fingerprint density at radius 1 is 1.03 bits per heavy atom. The normalized spacial score (nSPS) is 13.5. The van der Waals surface area contributed by atoms with Crippen LogP contribution in [0.3, 0.4) is 0 Å². The molecule has 0 radical (unpaired) electrons. The minimum absolute atomic E-state index is 0.0634. The summed E-state index contributed by atoms with van der Waals surface area (Å²) in [4.78, 5) is 37.8. The SMILES string of the molecule is CCCCC(=O)Nc1cccc(NC(=O)c2ccc(N3CCCCC3)c([N+](=O)[O-])c2)c1. The molecule has 8 nitrogen and oxygen atoms in total. The lowest BCUT2D eigenvalue weighted by Crippen LogP contribution is -2.30. The maximum atomic E-state index is 12.7.